The molecule has 0 aliphatic rings. The third-order valence-corrected chi connectivity index (χ3v) is 4.88. The number of hydrogen-bond donors (Lipinski definition) is 0. The predicted molar refractivity (Wildman–Crippen MR) is 87.6 cm³/mol. The molecule has 4 heteroatoms. The summed E-state index contributed by atoms with van der Waals surface area (Å²) in [5.74, 6) is -0.297. The van der Waals surface area contributed by atoms with E-state index in [1.54, 1.807) is 19.1 Å². The first-order chi connectivity index (χ1) is 10.7. The second-order valence-corrected chi connectivity index (χ2v) is 6.72. The number of nitriles is 1. The Morgan fingerprint density at radius 2 is 2.00 bits per heavy atom. The van der Waals surface area contributed by atoms with E-state index in [4.69, 9.17) is 10.00 Å². The van der Waals surface area contributed by atoms with Crippen LogP contribution in [0.25, 0.3) is 6.08 Å². The van der Waals surface area contributed by atoms with Crippen molar-refractivity contribution in [1.29, 1.82) is 5.26 Å². The SMILES string of the molecule is CCOC(=O)/C(=C/c1cccc(C#N)c1)[Se]c1ccccc1. The van der Waals surface area contributed by atoms with E-state index < -0.39 is 0 Å². The van der Waals surface area contributed by atoms with Gasteiger partial charge in [-0.1, -0.05) is 0 Å². The summed E-state index contributed by atoms with van der Waals surface area (Å²) in [6.07, 6.45) is 1.81. The molecule has 2 rings (SSSR count). The number of carbonyl (C=O) groups excluding carboxylic acids is 1. The number of rotatable bonds is 5. The maximum absolute atomic E-state index is 12.2. The average Bonchev–Trinajstić information content (AvgIpc) is 2.55. The molecule has 0 aliphatic heterocycles. The molecular formula is C18H15NO2Se. The summed E-state index contributed by atoms with van der Waals surface area (Å²) < 4.78 is 6.89. The van der Waals surface area contributed by atoms with Crippen molar-refractivity contribution in [2.45, 2.75) is 6.92 Å². The molecular weight excluding hydrogens is 341 g/mol. The fourth-order valence-corrected chi connectivity index (χ4v) is 3.65. The van der Waals surface area contributed by atoms with Gasteiger partial charge in [0.2, 0.25) is 0 Å². The van der Waals surface area contributed by atoms with E-state index in [9.17, 15) is 4.79 Å². The van der Waals surface area contributed by atoms with Gasteiger partial charge in [0.05, 0.1) is 0 Å². The zero-order chi connectivity index (χ0) is 15.8. The van der Waals surface area contributed by atoms with Crippen molar-refractivity contribution in [3.63, 3.8) is 0 Å². The van der Waals surface area contributed by atoms with Crippen molar-refractivity contribution in [1.82, 2.24) is 0 Å². The van der Waals surface area contributed by atoms with Crippen LogP contribution in [0.15, 0.2) is 59.1 Å². The molecule has 110 valence electrons. The van der Waals surface area contributed by atoms with Gasteiger partial charge in [0.1, 0.15) is 0 Å². The Hall–Kier alpha value is -2.34. The predicted octanol–water partition coefficient (Wildman–Crippen LogP) is 2.49. The molecule has 22 heavy (non-hydrogen) atoms. The molecule has 0 saturated heterocycles. The number of benzene rings is 2. The molecule has 0 bridgehead atoms. The zero-order valence-corrected chi connectivity index (χ0v) is 13.9. The van der Waals surface area contributed by atoms with Gasteiger partial charge in [-0.15, -0.1) is 0 Å². The minimum atomic E-state index is -0.297. The maximum atomic E-state index is 12.2. The fraction of sp³-hybridized carbons (Fsp3) is 0.111. The van der Waals surface area contributed by atoms with Crippen molar-refractivity contribution in [3.8, 4) is 6.07 Å². The third kappa shape index (κ3) is 4.59. The molecule has 0 unspecified atom stereocenters. The van der Waals surface area contributed by atoms with Crippen molar-refractivity contribution >= 4 is 31.5 Å². The molecule has 2 aromatic carbocycles. The van der Waals surface area contributed by atoms with Crippen LogP contribution >= 0.6 is 0 Å². The van der Waals surface area contributed by atoms with Gasteiger partial charge < -0.3 is 0 Å². The Balaban J connectivity index is 2.32. The number of ether oxygens (including phenoxy) is 1. The summed E-state index contributed by atoms with van der Waals surface area (Å²) in [4.78, 5) is 12.2. The van der Waals surface area contributed by atoms with Crippen LogP contribution in [-0.2, 0) is 9.53 Å². The van der Waals surface area contributed by atoms with Gasteiger partial charge in [-0.05, 0) is 0 Å². The molecule has 0 spiro atoms. The Kier molecular flexibility index (Phi) is 5.97. The standard InChI is InChI=1S/C18H15NO2Se/c1-2-21-18(20)17(22-16-9-4-3-5-10-16)12-14-7-6-8-15(11-14)13-19/h3-12H,2H2,1H3/b17-12-. The van der Waals surface area contributed by atoms with E-state index in [0.29, 0.717) is 16.6 Å². The topological polar surface area (TPSA) is 50.1 Å². The average molecular weight is 356 g/mol. The van der Waals surface area contributed by atoms with Gasteiger partial charge >= 0.3 is 136 Å². The van der Waals surface area contributed by atoms with Crippen molar-refractivity contribution in [3.05, 3.63) is 70.2 Å². The summed E-state index contributed by atoms with van der Waals surface area (Å²) in [7, 11) is 0. The number of carbonyl (C=O) groups is 1. The monoisotopic (exact) mass is 357 g/mol. The van der Waals surface area contributed by atoms with E-state index in [1.807, 2.05) is 48.5 Å². The quantitative estimate of drug-likeness (QED) is 0.470. The molecule has 0 fully saturated rings. The van der Waals surface area contributed by atoms with E-state index in [1.165, 1.54) is 0 Å². The van der Waals surface area contributed by atoms with Crippen LogP contribution in [-0.4, -0.2) is 27.5 Å². The van der Waals surface area contributed by atoms with Crippen molar-refractivity contribution in [2.75, 3.05) is 6.61 Å². The van der Waals surface area contributed by atoms with Crippen LogP contribution in [0, 0.1) is 11.3 Å². The first-order valence-electron chi connectivity index (χ1n) is 6.85. The van der Waals surface area contributed by atoms with Crippen LogP contribution < -0.4 is 4.46 Å². The molecule has 0 aliphatic carbocycles. The molecule has 2 aromatic rings. The first kappa shape index (κ1) is 16.0. The molecule has 0 radical (unpaired) electrons. The Morgan fingerprint density at radius 3 is 2.68 bits per heavy atom. The van der Waals surface area contributed by atoms with Crippen molar-refractivity contribution < 1.29 is 9.53 Å². The number of esters is 1. The Morgan fingerprint density at radius 1 is 1.23 bits per heavy atom. The summed E-state index contributed by atoms with van der Waals surface area (Å²) in [6, 6.07) is 19.1. The third-order valence-electron chi connectivity index (χ3n) is 2.76. The summed E-state index contributed by atoms with van der Waals surface area (Å²) in [5, 5.41) is 8.97. The summed E-state index contributed by atoms with van der Waals surface area (Å²) >= 11 is -0.143. The zero-order valence-electron chi connectivity index (χ0n) is 12.2. The molecule has 0 aromatic heterocycles. The number of nitrogens with zero attached hydrogens (tertiary/aromatic N) is 1. The summed E-state index contributed by atoms with van der Waals surface area (Å²) in [6.45, 7) is 2.14. The van der Waals surface area contributed by atoms with Gasteiger partial charge in [-0.3, -0.25) is 0 Å². The second-order valence-electron chi connectivity index (χ2n) is 4.38. The van der Waals surface area contributed by atoms with Gasteiger partial charge in [0, 0.05) is 0 Å². The molecule has 0 atom stereocenters. The Bertz CT molecular complexity index is 717. The van der Waals surface area contributed by atoms with Gasteiger partial charge in [-0.25, -0.2) is 0 Å². The molecule has 0 N–H and O–H groups in total. The van der Waals surface area contributed by atoms with E-state index >= 15 is 0 Å². The first-order valence-corrected chi connectivity index (χ1v) is 8.56. The van der Waals surface area contributed by atoms with Crippen LogP contribution in [0.1, 0.15) is 18.1 Å². The molecule has 0 amide bonds. The van der Waals surface area contributed by atoms with Crippen LogP contribution in [0.2, 0.25) is 0 Å². The van der Waals surface area contributed by atoms with E-state index in [2.05, 4.69) is 6.07 Å². The van der Waals surface area contributed by atoms with Gasteiger partial charge in [0.15, 0.2) is 0 Å². The second kappa shape index (κ2) is 8.19. The normalized spacial score (nSPS) is 10.8. The van der Waals surface area contributed by atoms with Gasteiger partial charge in [-0.2, -0.15) is 0 Å². The number of hydrogen-bond acceptors (Lipinski definition) is 3. The molecule has 0 heterocycles. The Labute approximate surface area is 136 Å². The molecule has 3 nitrogen and oxygen atoms in total. The van der Waals surface area contributed by atoms with Crippen LogP contribution in [0.5, 0.6) is 0 Å². The minimum absolute atomic E-state index is 0.143. The van der Waals surface area contributed by atoms with Gasteiger partial charge in [0.25, 0.3) is 0 Å². The fourth-order valence-electron chi connectivity index (χ4n) is 1.80. The van der Waals surface area contributed by atoms with Crippen LogP contribution in [0.4, 0.5) is 0 Å². The van der Waals surface area contributed by atoms with E-state index in [-0.39, 0.29) is 20.9 Å². The summed E-state index contributed by atoms with van der Waals surface area (Å²) in [5.41, 5.74) is 1.41. The van der Waals surface area contributed by atoms with Crippen LogP contribution in [0.3, 0.4) is 0 Å². The van der Waals surface area contributed by atoms with E-state index in [0.717, 1.165) is 10.0 Å². The molecule has 0 saturated carbocycles. The van der Waals surface area contributed by atoms with Crippen molar-refractivity contribution in [2.24, 2.45) is 0 Å².